The summed E-state index contributed by atoms with van der Waals surface area (Å²) in [6.07, 6.45) is 107. The molecule has 0 aromatic heterocycles. The van der Waals surface area contributed by atoms with Crippen molar-refractivity contribution in [2.75, 3.05) is 6.61 Å². The number of hydrogen-bond acceptors (Lipinski definition) is 3. The van der Waals surface area contributed by atoms with Gasteiger partial charge in [0, 0.05) is 6.42 Å². The number of nitrogens with one attached hydrogen (secondary N) is 1. The fourth-order valence-corrected chi connectivity index (χ4v) is 9.06. The Hall–Kier alpha value is -3.99. The van der Waals surface area contributed by atoms with Crippen molar-refractivity contribution in [1.29, 1.82) is 0 Å². The molecule has 0 spiro atoms. The van der Waals surface area contributed by atoms with Crippen molar-refractivity contribution in [2.45, 2.75) is 296 Å². The van der Waals surface area contributed by atoms with Gasteiger partial charge in [0.05, 0.1) is 18.8 Å². The van der Waals surface area contributed by atoms with Crippen molar-refractivity contribution in [3.63, 3.8) is 0 Å². The smallest absolute Gasteiger partial charge is 0.220 e. The van der Waals surface area contributed by atoms with Crippen LogP contribution in [0.3, 0.4) is 0 Å². The second-order valence-electron chi connectivity index (χ2n) is 21.4. The van der Waals surface area contributed by atoms with Crippen molar-refractivity contribution in [2.24, 2.45) is 0 Å². The van der Waals surface area contributed by atoms with Gasteiger partial charge in [-0.05, 0) is 122 Å². The van der Waals surface area contributed by atoms with E-state index in [1.165, 1.54) is 141 Å². The second kappa shape index (κ2) is 67.3. The van der Waals surface area contributed by atoms with Crippen molar-refractivity contribution < 1.29 is 15.0 Å². The van der Waals surface area contributed by atoms with Crippen LogP contribution in [0.25, 0.3) is 0 Å². The Labute approximate surface area is 484 Å². The predicted molar refractivity (Wildman–Crippen MR) is 349 cm³/mol. The first kappa shape index (κ1) is 74.0. The average Bonchev–Trinajstić information content (AvgIpc) is 3.44. The largest absolute Gasteiger partial charge is 0.394 e. The summed E-state index contributed by atoms with van der Waals surface area (Å²) in [4.78, 5) is 12.5. The molecule has 0 radical (unpaired) electrons. The number of carbonyl (C=O) groups excluding carboxylic acids is 1. The van der Waals surface area contributed by atoms with Gasteiger partial charge in [-0.3, -0.25) is 4.79 Å². The minimum absolute atomic E-state index is 0.107. The lowest BCUT2D eigenvalue weighted by Gasteiger charge is -2.19. The second-order valence-corrected chi connectivity index (χ2v) is 21.4. The lowest BCUT2D eigenvalue weighted by atomic mass is 10.0. The molecule has 442 valence electrons. The molecule has 2 atom stereocenters. The van der Waals surface area contributed by atoms with Crippen LogP contribution >= 0.6 is 0 Å². The van der Waals surface area contributed by atoms with Gasteiger partial charge in [-0.2, -0.15) is 0 Å². The Kier molecular flexibility index (Phi) is 63.8. The molecule has 1 amide bonds. The molecule has 4 heteroatoms. The fraction of sp³-hybridized carbons (Fsp3) is 0.635. The Morgan fingerprint density at radius 3 is 0.897 bits per heavy atom. The van der Waals surface area contributed by atoms with Gasteiger partial charge in [-0.25, -0.2) is 0 Å². The minimum atomic E-state index is -0.896. The summed E-state index contributed by atoms with van der Waals surface area (Å²) in [7, 11) is 0. The molecule has 4 nitrogen and oxygen atoms in total. The molecule has 0 rings (SSSR count). The minimum Gasteiger partial charge on any atom is -0.394 e. The maximum atomic E-state index is 12.5. The molecular weight excluding hydrogens is 951 g/mol. The van der Waals surface area contributed by atoms with Gasteiger partial charge in [0.2, 0.25) is 5.91 Å². The van der Waals surface area contributed by atoms with Crippen LogP contribution in [0.1, 0.15) is 284 Å². The Balaban J connectivity index is 3.68. The van der Waals surface area contributed by atoms with E-state index in [0.717, 1.165) is 122 Å². The molecule has 78 heavy (non-hydrogen) atoms. The topological polar surface area (TPSA) is 69.6 Å². The summed E-state index contributed by atoms with van der Waals surface area (Å²) in [5, 5.41) is 23.2. The normalized spacial score (nSPS) is 13.8. The molecule has 0 bridgehead atoms. The number of unbranched alkanes of at least 4 members (excludes halogenated alkanes) is 27. The van der Waals surface area contributed by atoms with Crippen molar-refractivity contribution in [3.8, 4) is 0 Å². The summed E-state index contributed by atoms with van der Waals surface area (Å²) >= 11 is 0. The molecule has 2 unspecified atom stereocenters. The maximum absolute atomic E-state index is 12.5. The zero-order chi connectivity index (χ0) is 56.2. The highest BCUT2D eigenvalue weighted by atomic mass is 16.3. The third-order valence-electron chi connectivity index (χ3n) is 14.0. The van der Waals surface area contributed by atoms with Crippen molar-refractivity contribution in [3.05, 3.63) is 158 Å². The van der Waals surface area contributed by atoms with Gasteiger partial charge in [0.15, 0.2) is 0 Å². The monoisotopic (exact) mass is 1070 g/mol. The zero-order valence-corrected chi connectivity index (χ0v) is 50.9. The van der Waals surface area contributed by atoms with Gasteiger partial charge in [0.1, 0.15) is 0 Å². The van der Waals surface area contributed by atoms with Crippen LogP contribution in [0.5, 0.6) is 0 Å². The molecule has 0 saturated heterocycles. The van der Waals surface area contributed by atoms with Crippen LogP contribution in [-0.2, 0) is 4.79 Å². The molecule has 0 saturated carbocycles. The fourth-order valence-electron chi connectivity index (χ4n) is 9.06. The van der Waals surface area contributed by atoms with Crippen LogP contribution < -0.4 is 5.32 Å². The van der Waals surface area contributed by atoms with Crippen molar-refractivity contribution in [1.82, 2.24) is 5.32 Å². The summed E-state index contributed by atoms with van der Waals surface area (Å²) < 4.78 is 0. The Bertz CT molecular complexity index is 1640. The number of aliphatic hydroxyl groups is 2. The number of rotatable bonds is 58. The summed E-state index contributed by atoms with van der Waals surface area (Å²) in [6, 6.07) is -0.674. The number of allylic oxidation sites excluding steroid dienone is 25. The third kappa shape index (κ3) is 62.8. The molecule has 3 N–H and O–H groups in total. The van der Waals surface area contributed by atoms with Crippen LogP contribution in [0.15, 0.2) is 158 Å². The molecule has 0 heterocycles. The number of amides is 1. The van der Waals surface area contributed by atoms with E-state index in [1.54, 1.807) is 6.08 Å². The van der Waals surface area contributed by atoms with Crippen LogP contribution in [0.4, 0.5) is 0 Å². The Morgan fingerprint density at radius 1 is 0.321 bits per heavy atom. The van der Waals surface area contributed by atoms with Crippen LogP contribution in [0, 0.1) is 0 Å². The third-order valence-corrected chi connectivity index (χ3v) is 14.0. The van der Waals surface area contributed by atoms with E-state index >= 15 is 0 Å². The molecule has 0 fully saturated rings. The zero-order valence-electron chi connectivity index (χ0n) is 50.9. The summed E-state index contributed by atoms with van der Waals surface area (Å²) in [5.41, 5.74) is 0. The van der Waals surface area contributed by atoms with E-state index in [2.05, 4.69) is 165 Å². The standard InChI is InChI=1S/C74H123NO3/c1-3-5-7-9-11-13-15-17-19-21-23-25-27-29-31-33-35-36-37-38-40-42-44-46-48-50-52-54-56-58-60-62-64-66-68-70-74(78)75-72(71-76)73(77)69-67-65-63-61-59-57-55-53-51-49-47-45-43-41-39-34-32-30-28-26-24-22-20-18-16-14-12-10-8-6-4-2/h5,7,11,13,17,19,23,25,29,31,35-36,38,40,44,46,50-53,56,58-59,61,67,69,72-73,76-77H,3-4,6,8-10,12,14-16,18,20-22,24,26-28,30,32-34,37,39,41-43,45,47-49,54-55,57,60,62-66,68,70-71H2,1-2H3,(H,75,78)/b7-5-,13-11-,19-17-,25-23-,31-29-,36-35-,40-38-,46-44-,52-50-,53-51+,58-56-,61-59+,69-67+. The first-order valence-electron chi connectivity index (χ1n) is 32.7. The lowest BCUT2D eigenvalue weighted by Crippen LogP contribution is -2.45. The van der Waals surface area contributed by atoms with E-state index in [0.29, 0.717) is 6.42 Å². The van der Waals surface area contributed by atoms with Gasteiger partial charge in [0.25, 0.3) is 0 Å². The highest BCUT2D eigenvalue weighted by Gasteiger charge is 2.18. The van der Waals surface area contributed by atoms with Gasteiger partial charge < -0.3 is 15.5 Å². The van der Waals surface area contributed by atoms with Crippen LogP contribution in [0.2, 0.25) is 0 Å². The first-order valence-corrected chi connectivity index (χ1v) is 32.7. The highest BCUT2D eigenvalue weighted by molar-refractivity contribution is 5.76. The molecule has 0 aliphatic rings. The van der Waals surface area contributed by atoms with Gasteiger partial charge in [-0.1, -0.05) is 313 Å². The van der Waals surface area contributed by atoms with E-state index in [-0.39, 0.29) is 12.5 Å². The number of carbonyl (C=O) groups is 1. The highest BCUT2D eigenvalue weighted by Crippen LogP contribution is 2.16. The SMILES string of the molecule is CC/C=C\C/C=C\C/C=C\C/C=C\C/C=C\C/C=C\C/C=C\C/C=C\C/C=C\C/C=C\CCCCCCC(=O)NC(CO)C(O)/C=C/CC/C=C/CC/C=C/CCCCCCCCCCCCCCCCCCCCCCC. The molecule has 0 aliphatic heterocycles. The van der Waals surface area contributed by atoms with Crippen LogP contribution in [-0.4, -0.2) is 34.9 Å². The maximum Gasteiger partial charge on any atom is 0.220 e. The molecular formula is C74H123NO3. The van der Waals surface area contributed by atoms with Gasteiger partial charge >= 0.3 is 0 Å². The van der Waals surface area contributed by atoms with E-state index in [1.807, 2.05) is 6.08 Å². The van der Waals surface area contributed by atoms with Gasteiger partial charge in [-0.15, -0.1) is 0 Å². The number of hydrogen-bond donors (Lipinski definition) is 3. The van der Waals surface area contributed by atoms with Crippen molar-refractivity contribution >= 4 is 5.91 Å². The Morgan fingerprint density at radius 2 is 0.577 bits per heavy atom. The summed E-state index contributed by atoms with van der Waals surface area (Å²) in [6.45, 7) is 4.18. The quantitative estimate of drug-likeness (QED) is 0.0420. The summed E-state index contributed by atoms with van der Waals surface area (Å²) in [5.74, 6) is -0.107. The van der Waals surface area contributed by atoms with E-state index in [9.17, 15) is 15.0 Å². The molecule has 0 aromatic carbocycles. The molecule has 0 aromatic rings. The first-order chi connectivity index (χ1) is 38.7. The van der Waals surface area contributed by atoms with E-state index in [4.69, 9.17) is 0 Å². The average molecular weight is 1070 g/mol. The predicted octanol–water partition coefficient (Wildman–Crippen LogP) is 22.5. The number of aliphatic hydroxyl groups excluding tert-OH is 2. The lowest BCUT2D eigenvalue weighted by molar-refractivity contribution is -0.123. The van der Waals surface area contributed by atoms with E-state index < -0.39 is 12.1 Å². The molecule has 0 aliphatic carbocycles.